The molecule has 2 aromatic carbocycles. The molecule has 0 bridgehead atoms. The van der Waals surface area contributed by atoms with Crippen molar-refractivity contribution in [2.75, 3.05) is 7.11 Å². The molecule has 0 N–H and O–H groups in total. The fraction of sp³-hybridized carbons (Fsp3) is 0.238. The summed E-state index contributed by atoms with van der Waals surface area (Å²) in [6.07, 6.45) is 1.68. The van der Waals surface area contributed by atoms with Gasteiger partial charge in [-0.25, -0.2) is 0 Å². The summed E-state index contributed by atoms with van der Waals surface area (Å²) in [6.45, 7) is 3.97. The number of ether oxygens (including phenoxy) is 2. The van der Waals surface area contributed by atoms with Crippen LogP contribution in [0.25, 0.3) is 6.08 Å². The Morgan fingerprint density at radius 1 is 1.17 bits per heavy atom. The van der Waals surface area contributed by atoms with Gasteiger partial charge in [0, 0.05) is 15.5 Å². The molecule has 8 heteroatoms. The van der Waals surface area contributed by atoms with Gasteiger partial charge in [0.15, 0.2) is 11.5 Å². The maximum Gasteiger partial charge on any atom is 0.293 e. The number of imide groups is 1. The highest BCUT2D eigenvalue weighted by atomic mass is 79.9. The van der Waals surface area contributed by atoms with Crippen LogP contribution in [0.3, 0.4) is 0 Å². The third-order valence-corrected chi connectivity index (χ3v) is 6.04. The van der Waals surface area contributed by atoms with Gasteiger partial charge in [-0.2, -0.15) is 0 Å². The Hall–Kier alpha value is -1.96. The number of benzene rings is 2. The van der Waals surface area contributed by atoms with Crippen molar-refractivity contribution < 1.29 is 19.1 Å². The largest absolute Gasteiger partial charge is 0.493 e. The lowest BCUT2D eigenvalue weighted by Gasteiger charge is -2.16. The molecule has 0 unspecified atom stereocenters. The molecule has 1 fully saturated rings. The summed E-state index contributed by atoms with van der Waals surface area (Å²) < 4.78 is 12.1. The standard InChI is InChI=1S/C21H19BrClNO4S/c1-12(2)24-20(25)19(29-21(24)26)9-14-8-17(27-3)18(10-16(14)22)28-11-13-4-6-15(23)7-5-13/h4-10,12H,11H2,1-3H3/b19-9-. The molecule has 1 heterocycles. The maximum atomic E-state index is 12.5. The molecule has 1 saturated heterocycles. The Bertz CT molecular complexity index is 975. The van der Waals surface area contributed by atoms with Crippen LogP contribution in [-0.4, -0.2) is 29.2 Å². The molecule has 0 spiro atoms. The number of nitrogens with zero attached hydrogens (tertiary/aromatic N) is 1. The molecule has 0 radical (unpaired) electrons. The van der Waals surface area contributed by atoms with Gasteiger partial charge in [-0.1, -0.05) is 39.7 Å². The zero-order valence-electron chi connectivity index (χ0n) is 16.1. The maximum absolute atomic E-state index is 12.5. The lowest BCUT2D eigenvalue weighted by molar-refractivity contribution is -0.123. The van der Waals surface area contributed by atoms with Crippen molar-refractivity contribution in [1.29, 1.82) is 0 Å². The average molecular weight is 497 g/mol. The van der Waals surface area contributed by atoms with Crippen LogP contribution in [0.1, 0.15) is 25.0 Å². The van der Waals surface area contributed by atoms with Crippen LogP contribution in [0.15, 0.2) is 45.8 Å². The first-order valence-electron chi connectivity index (χ1n) is 8.82. The average Bonchev–Trinajstić information content (AvgIpc) is 2.96. The van der Waals surface area contributed by atoms with Crippen LogP contribution in [0, 0.1) is 0 Å². The van der Waals surface area contributed by atoms with Crippen LogP contribution >= 0.6 is 39.3 Å². The lowest BCUT2D eigenvalue weighted by Crippen LogP contribution is -2.34. The summed E-state index contributed by atoms with van der Waals surface area (Å²) in [4.78, 5) is 26.2. The summed E-state index contributed by atoms with van der Waals surface area (Å²) in [5.41, 5.74) is 1.69. The molecule has 0 atom stereocenters. The summed E-state index contributed by atoms with van der Waals surface area (Å²) in [5.74, 6) is 0.794. The molecular formula is C21H19BrClNO4S. The molecule has 2 aromatic rings. The Morgan fingerprint density at radius 3 is 2.45 bits per heavy atom. The van der Waals surface area contributed by atoms with Crippen LogP contribution in [0.4, 0.5) is 4.79 Å². The van der Waals surface area contributed by atoms with E-state index < -0.39 is 0 Å². The minimum Gasteiger partial charge on any atom is -0.493 e. The molecular weight excluding hydrogens is 478 g/mol. The van der Waals surface area contributed by atoms with E-state index in [0.717, 1.165) is 27.4 Å². The third-order valence-electron chi connectivity index (χ3n) is 4.22. The van der Waals surface area contributed by atoms with Crippen molar-refractivity contribution in [2.45, 2.75) is 26.5 Å². The molecule has 3 rings (SSSR count). The number of rotatable bonds is 6. The second-order valence-corrected chi connectivity index (χ2v) is 8.87. The van der Waals surface area contributed by atoms with E-state index in [1.54, 1.807) is 37.5 Å². The van der Waals surface area contributed by atoms with E-state index in [2.05, 4.69) is 15.9 Å². The van der Waals surface area contributed by atoms with Crippen molar-refractivity contribution in [2.24, 2.45) is 0 Å². The summed E-state index contributed by atoms with van der Waals surface area (Å²) in [5, 5.41) is 0.405. The van der Waals surface area contributed by atoms with Gasteiger partial charge in [0.2, 0.25) is 0 Å². The number of amides is 2. The van der Waals surface area contributed by atoms with Crippen LogP contribution in [-0.2, 0) is 11.4 Å². The molecule has 29 heavy (non-hydrogen) atoms. The predicted molar refractivity (Wildman–Crippen MR) is 119 cm³/mol. The summed E-state index contributed by atoms with van der Waals surface area (Å²) >= 11 is 10.4. The molecule has 1 aliphatic heterocycles. The second-order valence-electron chi connectivity index (χ2n) is 6.59. The highest BCUT2D eigenvalue weighted by Gasteiger charge is 2.36. The number of halogens is 2. The highest BCUT2D eigenvalue weighted by Crippen LogP contribution is 2.38. The monoisotopic (exact) mass is 495 g/mol. The van der Waals surface area contributed by atoms with E-state index in [9.17, 15) is 9.59 Å². The van der Waals surface area contributed by atoms with Crippen molar-refractivity contribution >= 4 is 56.5 Å². The van der Waals surface area contributed by atoms with Gasteiger partial charge in [-0.05, 0) is 67.1 Å². The normalized spacial score (nSPS) is 15.5. The van der Waals surface area contributed by atoms with Crippen molar-refractivity contribution in [3.8, 4) is 11.5 Å². The Kier molecular flexibility index (Phi) is 6.93. The first-order chi connectivity index (χ1) is 13.8. The van der Waals surface area contributed by atoms with E-state index in [1.165, 1.54) is 4.90 Å². The van der Waals surface area contributed by atoms with E-state index in [-0.39, 0.29) is 17.2 Å². The van der Waals surface area contributed by atoms with E-state index in [1.807, 2.05) is 26.0 Å². The third kappa shape index (κ3) is 4.97. The lowest BCUT2D eigenvalue weighted by atomic mass is 10.1. The van der Waals surface area contributed by atoms with Gasteiger partial charge >= 0.3 is 0 Å². The Balaban J connectivity index is 1.84. The molecule has 0 saturated carbocycles. The van der Waals surface area contributed by atoms with Crippen LogP contribution in [0.5, 0.6) is 11.5 Å². The minimum atomic E-state index is -0.288. The number of carbonyl (C=O) groups excluding carboxylic acids is 2. The number of hydrogen-bond donors (Lipinski definition) is 0. The Morgan fingerprint density at radius 2 is 1.86 bits per heavy atom. The highest BCUT2D eigenvalue weighted by molar-refractivity contribution is 9.10. The summed E-state index contributed by atoms with van der Waals surface area (Å²) in [7, 11) is 1.55. The topological polar surface area (TPSA) is 55.8 Å². The molecule has 0 aromatic heterocycles. The van der Waals surface area contributed by atoms with Gasteiger partial charge in [0.05, 0.1) is 12.0 Å². The SMILES string of the molecule is COc1cc(/C=C2\SC(=O)N(C(C)C)C2=O)c(Br)cc1OCc1ccc(Cl)cc1. The van der Waals surface area contributed by atoms with Crippen LogP contribution in [0.2, 0.25) is 5.02 Å². The molecule has 152 valence electrons. The first-order valence-corrected chi connectivity index (χ1v) is 10.8. The molecule has 5 nitrogen and oxygen atoms in total. The van der Waals surface area contributed by atoms with Crippen molar-refractivity contribution in [1.82, 2.24) is 4.90 Å². The quantitative estimate of drug-likeness (QED) is 0.450. The number of thioether (sulfide) groups is 1. The van der Waals surface area contributed by atoms with E-state index >= 15 is 0 Å². The van der Waals surface area contributed by atoms with Gasteiger partial charge in [-0.3, -0.25) is 14.5 Å². The molecule has 0 aliphatic carbocycles. The van der Waals surface area contributed by atoms with Gasteiger partial charge in [0.25, 0.3) is 11.1 Å². The Labute approximate surface area is 187 Å². The zero-order chi connectivity index (χ0) is 21.1. The van der Waals surface area contributed by atoms with Gasteiger partial charge < -0.3 is 9.47 Å². The summed E-state index contributed by atoms with van der Waals surface area (Å²) in [6, 6.07) is 10.8. The van der Waals surface area contributed by atoms with Crippen LogP contribution < -0.4 is 9.47 Å². The fourth-order valence-corrected chi connectivity index (χ4v) is 4.26. The predicted octanol–water partition coefficient (Wildman–Crippen LogP) is 6.13. The number of methoxy groups -OCH3 is 1. The van der Waals surface area contributed by atoms with Gasteiger partial charge in [0.1, 0.15) is 6.61 Å². The van der Waals surface area contributed by atoms with Crippen molar-refractivity contribution in [3.05, 3.63) is 61.9 Å². The van der Waals surface area contributed by atoms with Crippen molar-refractivity contribution in [3.63, 3.8) is 0 Å². The van der Waals surface area contributed by atoms with E-state index in [0.29, 0.717) is 28.0 Å². The fourth-order valence-electron chi connectivity index (χ4n) is 2.74. The van der Waals surface area contributed by atoms with Gasteiger partial charge in [-0.15, -0.1) is 0 Å². The number of carbonyl (C=O) groups is 2. The first kappa shape index (κ1) is 21.7. The second kappa shape index (κ2) is 9.24. The molecule has 2 amide bonds. The smallest absolute Gasteiger partial charge is 0.293 e. The minimum absolute atomic E-state index is 0.185. The molecule has 1 aliphatic rings. The number of hydrogen-bond acceptors (Lipinski definition) is 5. The zero-order valence-corrected chi connectivity index (χ0v) is 19.2. The van der Waals surface area contributed by atoms with E-state index in [4.69, 9.17) is 21.1 Å².